The van der Waals surface area contributed by atoms with Crippen molar-refractivity contribution in [2.45, 2.75) is 105 Å². The molecule has 37 heavy (non-hydrogen) atoms. The topological polar surface area (TPSA) is 86.7 Å². The van der Waals surface area contributed by atoms with Gasteiger partial charge < -0.3 is 9.47 Å². The number of fused-ring (bicyclic) bond motifs is 5. The average molecular weight is 515 g/mol. The van der Waals surface area contributed by atoms with E-state index in [0.717, 1.165) is 38.5 Å². The van der Waals surface area contributed by atoms with Crippen LogP contribution in [0.15, 0.2) is 11.6 Å². The zero-order chi connectivity index (χ0) is 27.1. The van der Waals surface area contributed by atoms with Crippen LogP contribution in [0.25, 0.3) is 0 Å². The number of carbonyl (C=O) groups excluding carboxylic acids is 4. The maximum atomic E-state index is 13.5. The summed E-state index contributed by atoms with van der Waals surface area (Å²) < 4.78 is 10.7. The van der Waals surface area contributed by atoms with Crippen LogP contribution < -0.4 is 0 Å². The van der Waals surface area contributed by atoms with Crippen molar-refractivity contribution in [1.82, 2.24) is 0 Å². The highest BCUT2D eigenvalue weighted by molar-refractivity contribution is 5.92. The van der Waals surface area contributed by atoms with Crippen LogP contribution in [0, 0.1) is 46.3 Å². The van der Waals surface area contributed by atoms with Gasteiger partial charge in [0.15, 0.2) is 0 Å². The lowest BCUT2D eigenvalue weighted by Crippen LogP contribution is -2.51. The third-order valence-corrected chi connectivity index (χ3v) is 10.8. The number of esters is 2. The number of ketones is 2. The molecule has 3 fully saturated rings. The highest BCUT2D eigenvalue weighted by Gasteiger charge is 2.62. The van der Waals surface area contributed by atoms with E-state index in [9.17, 15) is 19.2 Å². The summed E-state index contributed by atoms with van der Waals surface area (Å²) >= 11 is 0. The Hall–Kier alpha value is -1.98. The largest absolute Gasteiger partial charge is 0.466 e. The van der Waals surface area contributed by atoms with Crippen LogP contribution in [0.5, 0.6) is 0 Å². The maximum absolute atomic E-state index is 13.5. The lowest BCUT2D eigenvalue weighted by Gasteiger charge is -2.58. The second-order valence-corrected chi connectivity index (χ2v) is 13.1. The summed E-state index contributed by atoms with van der Waals surface area (Å²) in [5.74, 6) is 0.932. The van der Waals surface area contributed by atoms with E-state index in [4.69, 9.17) is 9.47 Å². The standard InChI is InChI=1S/C31H46O6/c1-18(17-36-20(3)32)7-10-27(34)19(2)29-28(35)16-26-24-9-8-22-15-23(37-21(4)33)11-13-30(22,5)25(24)12-14-31(26,29)6/h8,18-19,23-26,29H,7,9-17H2,1-6H3/t18-,19-,23-,24+,25-,26-,29-,30-,31-/m0/s1. The van der Waals surface area contributed by atoms with Gasteiger partial charge in [-0.2, -0.15) is 0 Å². The molecule has 206 valence electrons. The molecule has 4 aliphatic rings. The second-order valence-electron chi connectivity index (χ2n) is 13.1. The van der Waals surface area contributed by atoms with Gasteiger partial charge in [0.25, 0.3) is 0 Å². The first-order chi connectivity index (χ1) is 17.4. The molecule has 9 atom stereocenters. The molecule has 6 heteroatoms. The van der Waals surface area contributed by atoms with Crippen molar-refractivity contribution in [2.75, 3.05) is 6.61 Å². The molecule has 0 N–H and O–H groups in total. The highest BCUT2D eigenvalue weighted by Crippen LogP contribution is 2.66. The first kappa shape index (κ1) is 28.0. The van der Waals surface area contributed by atoms with Gasteiger partial charge in [0.2, 0.25) is 0 Å². The van der Waals surface area contributed by atoms with Gasteiger partial charge in [-0.25, -0.2) is 0 Å². The average Bonchev–Trinajstić information content (AvgIpc) is 3.10. The molecule has 4 aliphatic carbocycles. The van der Waals surface area contributed by atoms with Gasteiger partial charge in [0.1, 0.15) is 17.7 Å². The van der Waals surface area contributed by atoms with Gasteiger partial charge in [-0.15, -0.1) is 0 Å². The van der Waals surface area contributed by atoms with Crippen molar-refractivity contribution in [3.8, 4) is 0 Å². The van der Waals surface area contributed by atoms with Gasteiger partial charge in [-0.3, -0.25) is 19.2 Å². The Morgan fingerprint density at radius 3 is 2.43 bits per heavy atom. The molecule has 0 amide bonds. The van der Waals surface area contributed by atoms with E-state index >= 15 is 0 Å². The summed E-state index contributed by atoms with van der Waals surface area (Å²) in [6.07, 6.45) is 9.92. The normalized spacial score (nSPS) is 38.4. The van der Waals surface area contributed by atoms with E-state index in [1.165, 1.54) is 19.4 Å². The van der Waals surface area contributed by atoms with Gasteiger partial charge in [0, 0.05) is 44.9 Å². The predicted octanol–water partition coefficient (Wildman–Crippen LogP) is 5.86. The number of carbonyl (C=O) groups is 4. The third-order valence-electron chi connectivity index (χ3n) is 10.8. The highest BCUT2D eigenvalue weighted by atomic mass is 16.5. The van der Waals surface area contributed by atoms with Crippen molar-refractivity contribution < 1.29 is 28.7 Å². The minimum atomic E-state index is -0.298. The second kappa shape index (κ2) is 10.6. The van der Waals surface area contributed by atoms with E-state index in [0.29, 0.717) is 43.6 Å². The molecular weight excluding hydrogens is 468 g/mol. The zero-order valence-electron chi connectivity index (χ0n) is 23.6. The molecule has 0 radical (unpaired) electrons. The number of Topliss-reactive ketones (excluding diaryl/α,β-unsaturated/α-hetero) is 2. The van der Waals surface area contributed by atoms with E-state index < -0.39 is 0 Å². The Labute approximate surface area is 222 Å². The van der Waals surface area contributed by atoms with Crippen molar-refractivity contribution in [1.29, 1.82) is 0 Å². The van der Waals surface area contributed by atoms with Crippen LogP contribution in [0.1, 0.15) is 99.3 Å². The molecule has 4 rings (SSSR count). The molecule has 0 aromatic rings. The maximum Gasteiger partial charge on any atom is 0.302 e. The van der Waals surface area contributed by atoms with Crippen LogP contribution in [0.4, 0.5) is 0 Å². The third kappa shape index (κ3) is 5.31. The molecular formula is C31H46O6. The van der Waals surface area contributed by atoms with Crippen molar-refractivity contribution >= 4 is 23.5 Å². The Morgan fingerprint density at radius 2 is 1.76 bits per heavy atom. The van der Waals surface area contributed by atoms with Crippen molar-refractivity contribution in [3.63, 3.8) is 0 Å². The molecule has 0 heterocycles. The SMILES string of the molecule is CC(=O)OC[C@@H](C)CCC(=O)[C@H](C)[C@H]1C(=O)C[C@H]2[C@@H]3CC=C4C[C@@H](OC(C)=O)CC[C@]4(C)[C@H]3CC[C@]12C. The number of ether oxygens (including phenoxy) is 2. The lowest BCUT2D eigenvalue weighted by atomic mass is 9.47. The fraction of sp³-hybridized carbons (Fsp3) is 0.806. The number of rotatable bonds is 8. The van der Waals surface area contributed by atoms with Crippen LogP contribution in [0.3, 0.4) is 0 Å². The number of allylic oxidation sites excluding steroid dienone is 1. The molecule has 6 nitrogen and oxygen atoms in total. The Balaban J connectivity index is 1.45. The quantitative estimate of drug-likeness (QED) is 0.298. The van der Waals surface area contributed by atoms with Gasteiger partial charge in [-0.05, 0) is 73.0 Å². The fourth-order valence-corrected chi connectivity index (χ4v) is 8.79. The van der Waals surface area contributed by atoms with Crippen molar-refractivity contribution in [3.05, 3.63) is 11.6 Å². The summed E-state index contributed by atoms with van der Waals surface area (Å²) in [7, 11) is 0. The number of hydrogen-bond donors (Lipinski definition) is 0. The minimum absolute atomic E-state index is 0.0109. The Bertz CT molecular complexity index is 967. The summed E-state index contributed by atoms with van der Waals surface area (Å²) in [5, 5.41) is 0. The first-order valence-electron chi connectivity index (χ1n) is 14.4. The molecule has 0 spiro atoms. The molecule has 0 aromatic carbocycles. The molecule has 0 unspecified atom stereocenters. The zero-order valence-corrected chi connectivity index (χ0v) is 23.6. The van der Waals surface area contributed by atoms with Crippen LogP contribution in [-0.4, -0.2) is 36.2 Å². The molecule has 0 bridgehead atoms. The smallest absolute Gasteiger partial charge is 0.302 e. The molecule has 0 saturated heterocycles. The lowest BCUT2D eigenvalue weighted by molar-refractivity contribution is -0.149. The molecule has 3 saturated carbocycles. The van der Waals surface area contributed by atoms with E-state index in [1.807, 2.05) is 13.8 Å². The van der Waals surface area contributed by atoms with Crippen LogP contribution in [-0.2, 0) is 28.7 Å². The number of hydrogen-bond acceptors (Lipinski definition) is 6. The summed E-state index contributed by atoms with van der Waals surface area (Å²) in [6, 6.07) is 0. The van der Waals surface area contributed by atoms with Gasteiger partial charge in [0.05, 0.1) is 6.61 Å². The predicted molar refractivity (Wildman–Crippen MR) is 140 cm³/mol. The van der Waals surface area contributed by atoms with Crippen LogP contribution in [0.2, 0.25) is 0 Å². The fourth-order valence-electron chi connectivity index (χ4n) is 8.79. The van der Waals surface area contributed by atoms with E-state index in [2.05, 4.69) is 19.9 Å². The van der Waals surface area contributed by atoms with Gasteiger partial charge >= 0.3 is 11.9 Å². The minimum Gasteiger partial charge on any atom is -0.466 e. The molecule has 0 aliphatic heterocycles. The van der Waals surface area contributed by atoms with Crippen molar-refractivity contribution in [2.24, 2.45) is 46.3 Å². The monoisotopic (exact) mass is 514 g/mol. The van der Waals surface area contributed by atoms with E-state index in [1.54, 1.807) is 0 Å². The molecule has 0 aromatic heterocycles. The summed E-state index contributed by atoms with van der Waals surface area (Å²) in [4.78, 5) is 49.4. The Morgan fingerprint density at radius 1 is 1.03 bits per heavy atom. The Kier molecular flexibility index (Phi) is 8.07. The summed E-state index contributed by atoms with van der Waals surface area (Å²) in [5.41, 5.74) is 1.43. The van der Waals surface area contributed by atoms with Crippen LogP contribution >= 0.6 is 0 Å². The van der Waals surface area contributed by atoms with Gasteiger partial charge in [-0.1, -0.05) is 39.3 Å². The van der Waals surface area contributed by atoms with E-state index in [-0.39, 0.29) is 58.2 Å². The first-order valence-corrected chi connectivity index (χ1v) is 14.4. The summed E-state index contributed by atoms with van der Waals surface area (Å²) in [6.45, 7) is 11.9.